The van der Waals surface area contributed by atoms with Gasteiger partial charge in [-0.25, -0.2) is 13.2 Å². The van der Waals surface area contributed by atoms with Crippen LogP contribution >= 0.6 is 15.9 Å². The summed E-state index contributed by atoms with van der Waals surface area (Å²) in [5.74, 6) is -3.90. The van der Waals surface area contributed by atoms with Crippen molar-refractivity contribution in [2.75, 3.05) is 7.05 Å². The number of hydrogen-bond acceptors (Lipinski definition) is 2. The van der Waals surface area contributed by atoms with Gasteiger partial charge in [-0.05, 0) is 40.7 Å². The third-order valence-electron chi connectivity index (χ3n) is 2.84. The first-order valence-corrected chi connectivity index (χ1v) is 6.24. The van der Waals surface area contributed by atoms with Gasteiger partial charge in [-0.2, -0.15) is 5.10 Å². The van der Waals surface area contributed by atoms with Gasteiger partial charge in [0.05, 0.1) is 22.4 Å². The molecule has 1 heterocycles. The highest BCUT2D eigenvalue weighted by atomic mass is 79.9. The molecule has 0 aliphatic rings. The predicted octanol–water partition coefficient (Wildman–Crippen LogP) is 2.91. The molecule has 2 aromatic rings. The first-order chi connectivity index (χ1) is 8.95. The highest BCUT2D eigenvalue weighted by Crippen LogP contribution is 2.29. The lowest BCUT2D eigenvalue weighted by Crippen LogP contribution is -2.21. The van der Waals surface area contributed by atoms with E-state index in [2.05, 4.69) is 26.3 Å². The van der Waals surface area contributed by atoms with Crippen LogP contribution in [0.2, 0.25) is 0 Å². The summed E-state index contributed by atoms with van der Waals surface area (Å²) in [5, 5.41) is 6.97. The van der Waals surface area contributed by atoms with Gasteiger partial charge < -0.3 is 5.32 Å². The second-order valence-corrected chi connectivity index (χ2v) is 4.88. The van der Waals surface area contributed by atoms with E-state index < -0.39 is 23.5 Å². The zero-order valence-electron chi connectivity index (χ0n) is 10.2. The summed E-state index contributed by atoms with van der Waals surface area (Å²) in [5.41, 5.74) is 0.969. The van der Waals surface area contributed by atoms with E-state index in [1.54, 1.807) is 25.0 Å². The molecule has 0 fully saturated rings. The van der Waals surface area contributed by atoms with Crippen LogP contribution in [-0.2, 0) is 7.05 Å². The Morgan fingerprint density at radius 1 is 1.26 bits per heavy atom. The zero-order chi connectivity index (χ0) is 14.2. The van der Waals surface area contributed by atoms with Crippen molar-refractivity contribution < 1.29 is 13.2 Å². The fourth-order valence-corrected chi connectivity index (χ4v) is 2.53. The Morgan fingerprint density at radius 2 is 1.84 bits per heavy atom. The Labute approximate surface area is 116 Å². The van der Waals surface area contributed by atoms with E-state index in [0.29, 0.717) is 10.2 Å². The number of hydrogen-bond donors (Lipinski definition) is 1. The van der Waals surface area contributed by atoms with Gasteiger partial charge in [-0.3, -0.25) is 4.68 Å². The number of halogens is 4. The van der Waals surface area contributed by atoms with Gasteiger partial charge in [0.1, 0.15) is 0 Å². The van der Waals surface area contributed by atoms with Crippen LogP contribution in [0.3, 0.4) is 0 Å². The van der Waals surface area contributed by atoms with Crippen molar-refractivity contribution >= 4 is 15.9 Å². The normalized spacial score (nSPS) is 12.7. The molecule has 0 aliphatic heterocycles. The second-order valence-electron chi connectivity index (χ2n) is 4.02. The lowest BCUT2D eigenvalue weighted by molar-refractivity contribution is 0.442. The van der Waals surface area contributed by atoms with Crippen LogP contribution < -0.4 is 5.32 Å². The summed E-state index contributed by atoms with van der Waals surface area (Å²) in [6.45, 7) is 0. The van der Waals surface area contributed by atoms with Crippen LogP contribution in [0.1, 0.15) is 17.3 Å². The Hall–Kier alpha value is -1.34. The largest absolute Gasteiger partial charge is 0.308 e. The minimum absolute atomic E-state index is 0.281. The van der Waals surface area contributed by atoms with Gasteiger partial charge in [-0.15, -0.1) is 0 Å². The van der Waals surface area contributed by atoms with Gasteiger partial charge in [0.2, 0.25) is 0 Å². The summed E-state index contributed by atoms with van der Waals surface area (Å²) in [6.07, 6.45) is 1.58. The highest BCUT2D eigenvalue weighted by Gasteiger charge is 2.22. The van der Waals surface area contributed by atoms with Crippen molar-refractivity contribution in [3.63, 3.8) is 0 Å². The molecule has 19 heavy (non-hydrogen) atoms. The monoisotopic (exact) mass is 333 g/mol. The van der Waals surface area contributed by atoms with E-state index in [1.807, 2.05) is 0 Å². The van der Waals surface area contributed by atoms with Crippen LogP contribution in [0.4, 0.5) is 13.2 Å². The molecule has 0 spiro atoms. The summed E-state index contributed by atoms with van der Waals surface area (Å²) in [4.78, 5) is 0. The Balaban J connectivity index is 2.55. The first kappa shape index (κ1) is 14.1. The number of nitrogens with zero attached hydrogens (tertiary/aromatic N) is 2. The summed E-state index contributed by atoms with van der Waals surface area (Å²) >= 11 is 3.32. The quantitative estimate of drug-likeness (QED) is 0.875. The van der Waals surface area contributed by atoms with Crippen LogP contribution in [-0.4, -0.2) is 16.8 Å². The molecule has 0 saturated carbocycles. The number of aromatic nitrogens is 2. The molecule has 1 atom stereocenters. The molecule has 1 N–H and O–H groups in total. The molecule has 0 amide bonds. The smallest absolute Gasteiger partial charge is 0.194 e. The summed E-state index contributed by atoms with van der Waals surface area (Å²) in [7, 11) is 3.35. The third-order valence-corrected chi connectivity index (χ3v) is 3.45. The molecule has 2 rings (SSSR count). The lowest BCUT2D eigenvalue weighted by Gasteiger charge is -2.18. The molecular weight excluding hydrogens is 323 g/mol. The zero-order valence-corrected chi connectivity index (χ0v) is 11.8. The fourth-order valence-electron chi connectivity index (χ4n) is 1.95. The molecule has 0 bridgehead atoms. The van der Waals surface area contributed by atoms with E-state index in [9.17, 15) is 13.2 Å². The van der Waals surface area contributed by atoms with Gasteiger partial charge in [0.15, 0.2) is 17.5 Å². The number of nitrogens with one attached hydrogen (secondary N) is 1. The lowest BCUT2D eigenvalue weighted by atomic mass is 10.0. The van der Waals surface area contributed by atoms with E-state index in [-0.39, 0.29) is 5.56 Å². The van der Waals surface area contributed by atoms with Crippen molar-refractivity contribution in [3.05, 3.63) is 51.5 Å². The Bertz CT molecular complexity index is 570. The summed E-state index contributed by atoms with van der Waals surface area (Å²) in [6, 6.07) is 1.43. The molecule has 0 aliphatic carbocycles. The molecule has 0 radical (unpaired) electrons. The van der Waals surface area contributed by atoms with E-state index in [0.717, 1.165) is 12.1 Å². The molecule has 0 saturated heterocycles. The van der Waals surface area contributed by atoms with Crippen molar-refractivity contribution in [2.24, 2.45) is 7.05 Å². The van der Waals surface area contributed by atoms with Crippen molar-refractivity contribution in [1.82, 2.24) is 15.1 Å². The average Bonchev–Trinajstić information content (AvgIpc) is 2.69. The maximum atomic E-state index is 13.3. The Morgan fingerprint density at radius 3 is 2.26 bits per heavy atom. The molecule has 1 aromatic heterocycles. The minimum Gasteiger partial charge on any atom is -0.308 e. The van der Waals surface area contributed by atoms with E-state index in [1.165, 1.54) is 0 Å². The molecule has 102 valence electrons. The second kappa shape index (κ2) is 5.34. The van der Waals surface area contributed by atoms with Crippen molar-refractivity contribution in [1.29, 1.82) is 0 Å². The van der Waals surface area contributed by atoms with Crippen molar-refractivity contribution in [3.8, 4) is 0 Å². The van der Waals surface area contributed by atoms with Crippen LogP contribution in [0.5, 0.6) is 0 Å². The van der Waals surface area contributed by atoms with Gasteiger partial charge in [-0.1, -0.05) is 0 Å². The maximum absolute atomic E-state index is 13.3. The van der Waals surface area contributed by atoms with E-state index >= 15 is 0 Å². The average molecular weight is 334 g/mol. The van der Waals surface area contributed by atoms with Gasteiger partial charge in [0.25, 0.3) is 0 Å². The predicted molar refractivity (Wildman–Crippen MR) is 68.1 cm³/mol. The third kappa shape index (κ3) is 2.52. The van der Waals surface area contributed by atoms with Crippen molar-refractivity contribution in [2.45, 2.75) is 6.04 Å². The SMILES string of the molecule is CNC(c1cc(F)c(F)c(F)c1)c1c(Br)cnn1C. The minimum atomic E-state index is -1.47. The molecule has 1 aromatic carbocycles. The number of benzene rings is 1. The molecule has 3 nitrogen and oxygen atoms in total. The number of rotatable bonds is 3. The molecule has 7 heteroatoms. The fraction of sp³-hybridized carbons (Fsp3) is 0.250. The van der Waals surface area contributed by atoms with Gasteiger partial charge in [0, 0.05) is 7.05 Å². The number of aryl methyl sites for hydroxylation is 1. The first-order valence-electron chi connectivity index (χ1n) is 5.44. The van der Waals surface area contributed by atoms with Crippen LogP contribution in [0.25, 0.3) is 0 Å². The van der Waals surface area contributed by atoms with Gasteiger partial charge >= 0.3 is 0 Å². The highest BCUT2D eigenvalue weighted by molar-refractivity contribution is 9.10. The summed E-state index contributed by atoms with van der Waals surface area (Å²) < 4.78 is 41.9. The topological polar surface area (TPSA) is 29.9 Å². The molecular formula is C12H11BrF3N3. The Kier molecular flexibility index (Phi) is 3.96. The van der Waals surface area contributed by atoms with Crippen LogP contribution in [0.15, 0.2) is 22.8 Å². The molecule has 1 unspecified atom stereocenters. The maximum Gasteiger partial charge on any atom is 0.194 e. The van der Waals surface area contributed by atoms with E-state index in [4.69, 9.17) is 0 Å². The van der Waals surface area contributed by atoms with Crippen LogP contribution in [0, 0.1) is 17.5 Å². The standard InChI is InChI=1S/C12H11BrF3N3/c1-17-11(12-7(13)5-18-19(12)2)6-3-8(14)10(16)9(15)4-6/h3-5,11,17H,1-2H3.